The number of amides is 1. The van der Waals surface area contributed by atoms with Gasteiger partial charge in [0.05, 0.1) is 0 Å². The van der Waals surface area contributed by atoms with E-state index >= 15 is 0 Å². The molecule has 21 heavy (non-hydrogen) atoms. The van der Waals surface area contributed by atoms with Crippen LogP contribution in [0.3, 0.4) is 0 Å². The molecule has 1 fully saturated rings. The highest BCUT2D eigenvalue weighted by Gasteiger charge is 2.31. The van der Waals surface area contributed by atoms with Gasteiger partial charge in [-0.2, -0.15) is 0 Å². The van der Waals surface area contributed by atoms with Crippen LogP contribution in [0.4, 0.5) is 0 Å². The average Bonchev–Trinajstić information content (AvgIpc) is 3.20. The van der Waals surface area contributed by atoms with Crippen molar-refractivity contribution in [3.8, 4) is 0 Å². The first-order valence-corrected chi connectivity index (χ1v) is 8.95. The molecular formula is C17H27BrN2O. The second-order valence-electron chi connectivity index (χ2n) is 6.50. The van der Waals surface area contributed by atoms with Crippen LogP contribution in [0, 0.1) is 5.92 Å². The lowest BCUT2D eigenvalue weighted by atomic mass is 10.1. The Morgan fingerprint density at radius 2 is 2.00 bits per heavy atom. The molecule has 118 valence electrons. The molecule has 0 aromatic carbocycles. The van der Waals surface area contributed by atoms with Crippen LogP contribution in [0.1, 0.15) is 69.9 Å². The quantitative estimate of drug-likeness (QED) is 0.685. The van der Waals surface area contributed by atoms with Gasteiger partial charge < -0.3 is 9.47 Å². The minimum Gasteiger partial charge on any atom is -0.339 e. The molecule has 2 rings (SSSR count). The van der Waals surface area contributed by atoms with E-state index in [1.165, 1.54) is 12.8 Å². The zero-order chi connectivity index (χ0) is 15.6. The van der Waals surface area contributed by atoms with E-state index in [2.05, 4.69) is 59.3 Å². The Labute approximate surface area is 136 Å². The van der Waals surface area contributed by atoms with Crippen molar-refractivity contribution in [2.24, 2.45) is 5.92 Å². The number of rotatable bonds is 7. The van der Waals surface area contributed by atoms with Gasteiger partial charge in [-0.25, -0.2) is 0 Å². The minimum absolute atomic E-state index is 0.190. The molecule has 0 spiro atoms. The smallest absolute Gasteiger partial charge is 0.270 e. The van der Waals surface area contributed by atoms with Crippen molar-refractivity contribution in [2.45, 2.75) is 65.5 Å². The molecule has 0 saturated heterocycles. The van der Waals surface area contributed by atoms with E-state index in [-0.39, 0.29) is 5.91 Å². The molecule has 1 amide bonds. The lowest BCUT2D eigenvalue weighted by Crippen LogP contribution is -2.42. The van der Waals surface area contributed by atoms with Crippen LogP contribution in [0.25, 0.3) is 0 Å². The Balaban J connectivity index is 2.28. The average molecular weight is 355 g/mol. The predicted octanol–water partition coefficient (Wildman–Crippen LogP) is 4.87. The largest absolute Gasteiger partial charge is 0.339 e. The van der Waals surface area contributed by atoms with E-state index in [0.717, 1.165) is 29.6 Å². The molecule has 3 nitrogen and oxygen atoms in total. The van der Waals surface area contributed by atoms with Crippen molar-refractivity contribution in [1.29, 1.82) is 0 Å². The summed E-state index contributed by atoms with van der Waals surface area (Å²) in [4.78, 5) is 15.2. The molecule has 0 N–H and O–H groups in total. The molecule has 1 heterocycles. The highest BCUT2D eigenvalue weighted by atomic mass is 79.9. The van der Waals surface area contributed by atoms with E-state index in [1.54, 1.807) is 0 Å². The maximum Gasteiger partial charge on any atom is 0.270 e. The Morgan fingerprint density at radius 3 is 2.48 bits per heavy atom. The van der Waals surface area contributed by atoms with Gasteiger partial charge in [-0.05, 0) is 53.6 Å². The van der Waals surface area contributed by atoms with Crippen molar-refractivity contribution in [2.75, 3.05) is 6.54 Å². The van der Waals surface area contributed by atoms with Crippen LogP contribution in [-0.4, -0.2) is 28.0 Å². The first-order chi connectivity index (χ1) is 9.97. The molecule has 1 aromatic heterocycles. The molecule has 1 aliphatic carbocycles. The number of hydrogen-bond donors (Lipinski definition) is 0. The van der Waals surface area contributed by atoms with Crippen molar-refractivity contribution in [3.05, 3.63) is 22.4 Å². The normalized spacial score (nSPS) is 15.0. The fourth-order valence-electron chi connectivity index (χ4n) is 2.94. The molecule has 4 heteroatoms. The van der Waals surface area contributed by atoms with Gasteiger partial charge in [-0.3, -0.25) is 4.79 Å². The van der Waals surface area contributed by atoms with Gasteiger partial charge >= 0.3 is 0 Å². The van der Waals surface area contributed by atoms with Crippen LogP contribution in [-0.2, 0) is 0 Å². The molecule has 1 saturated carbocycles. The molecule has 0 atom stereocenters. The number of hydrogen-bond acceptors (Lipinski definition) is 1. The van der Waals surface area contributed by atoms with E-state index < -0.39 is 0 Å². The third kappa shape index (κ3) is 3.91. The van der Waals surface area contributed by atoms with Crippen molar-refractivity contribution < 1.29 is 4.79 Å². The van der Waals surface area contributed by atoms with E-state index in [9.17, 15) is 4.79 Å². The number of carbonyl (C=O) groups is 1. The summed E-state index contributed by atoms with van der Waals surface area (Å²) >= 11 is 3.53. The summed E-state index contributed by atoms with van der Waals surface area (Å²) in [5.41, 5.74) is 0.844. The standard InChI is InChI=1S/C17H27BrN2O/c1-5-14(6-2)20(10-12(3)4)17(21)16-9-13(18)11-19(16)15-7-8-15/h9,11-12,14-15H,5-8,10H2,1-4H3. The van der Waals surface area contributed by atoms with Crippen LogP contribution < -0.4 is 0 Å². The molecular weight excluding hydrogens is 328 g/mol. The summed E-state index contributed by atoms with van der Waals surface area (Å²) in [7, 11) is 0. The third-order valence-corrected chi connectivity index (χ3v) is 4.61. The van der Waals surface area contributed by atoms with Crippen molar-refractivity contribution in [3.63, 3.8) is 0 Å². The Hall–Kier alpha value is -0.770. The van der Waals surface area contributed by atoms with E-state index in [1.807, 2.05) is 6.07 Å². The molecule has 0 unspecified atom stereocenters. The van der Waals surface area contributed by atoms with E-state index in [4.69, 9.17) is 0 Å². The fourth-order valence-corrected chi connectivity index (χ4v) is 3.38. The number of nitrogens with zero attached hydrogens (tertiary/aromatic N) is 2. The molecule has 0 radical (unpaired) electrons. The molecule has 1 aromatic rings. The highest BCUT2D eigenvalue weighted by molar-refractivity contribution is 9.10. The van der Waals surface area contributed by atoms with Crippen molar-refractivity contribution in [1.82, 2.24) is 9.47 Å². The second kappa shape index (κ2) is 6.99. The summed E-state index contributed by atoms with van der Waals surface area (Å²) in [5, 5.41) is 0. The second-order valence-corrected chi connectivity index (χ2v) is 7.42. The zero-order valence-corrected chi connectivity index (χ0v) is 15.2. The summed E-state index contributed by atoms with van der Waals surface area (Å²) in [6.07, 6.45) is 6.47. The molecule has 0 aliphatic heterocycles. The van der Waals surface area contributed by atoms with Gasteiger partial charge in [-0.1, -0.05) is 27.7 Å². The summed E-state index contributed by atoms with van der Waals surface area (Å²) < 4.78 is 3.18. The maximum atomic E-state index is 13.1. The summed E-state index contributed by atoms with van der Waals surface area (Å²) in [6.45, 7) is 9.53. The first kappa shape index (κ1) is 16.6. The van der Waals surface area contributed by atoms with Crippen molar-refractivity contribution >= 4 is 21.8 Å². The first-order valence-electron chi connectivity index (χ1n) is 8.16. The van der Waals surface area contributed by atoms with Crippen LogP contribution in [0.15, 0.2) is 16.7 Å². The zero-order valence-electron chi connectivity index (χ0n) is 13.6. The van der Waals surface area contributed by atoms with Gasteiger partial charge in [-0.15, -0.1) is 0 Å². The predicted molar refractivity (Wildman–Crippen MR) is 90.6 cm³/mol. The third-order valence-electron chi connectivity index (χ3n) is 4.18. The highest BCUT2D eigenvalue weighted by Crippen LogP contribution is 2.38. The Kier molecular flexibility index (Phi) is 5.53. The number of halogens is 1. The topological polar surface area (TPSA) is 25.2 Å². The Bertz CT molecular complexity index is 487. The van der Waals surface area contributed by atoms with Crippen LogP contribution >= 0.6 is 15.9 Å². The summed E-state index contributed by atoms with van der Waals surface area (Å²) in [5.74, 6) is 0.678. The van der Waals surface area contributed by atoms with Gasteiger partial charge in [0.15, 0.2) is 0 Å². The minimum atomic E-state index is 0.190. The molecule has 1 aliphatic rings. The van der Waals surface area contributed by atoms with Gasteiger partial charge in [0.1, 0.15) is 5.69 Å². The maximum absolute atomic E-state index is 13.1. The van der Waals surface area contributed by atoms with E-state index in [0.29, 0.717) is 18.0 Å². The fraction of sp³-hybridized carbons (Fsp3) is 0.706. The number of carbonyl (C=O) groups excluding carboxylic acids is 1. The number of aromatic nitrogens is 1. The van der Waals surface area contributed by atoms with Gasteiger partial charge in [0, 0.05) is 29.3 Å². The molecule has 0 bridgehead atoms. The van der Waals surface area contributed by atoms with Crippen LogP contribution in [0.2, 0.25) is 0 Å². The van der Waals surface area contributed by atoms with Crippen LogP contribution in [0.5, 0.6) is 0 Å². The Morgan fingerprint density at radius 1 is 1.38 bits per heavy atom. The SMILES string of the molecule is CCC(CC)N(CC(C)C)C(=O)c1cc(Br)cn1C1CC1. The summed E-state index contributed by atoms with van der Waals surface area (Å²) in [6, 6.07) is 2.84. The monoisotopic (exact) mass is 354 g/mol. The lowest BCUT2D eigenvalue weighted by molar-refractivity contribution is 0.0629. The van der Waals surface area contributed by atoms with Gasteiger partial charge in [0.2, 0.25) is 0 Å². The lowest BCUT2D eigenvalue weighted by Gasteiger charge is -2.32. The van der Waals surface area contributed by atoms with Gasteiger partial charge in [0.25, 0.3) is 5.91 Å².